The Hall–Kier alpha value is -3.11. The fourth-order valence-electron chi connectivity index (χ4n) is 3.55. The Morgan fingerprint density at radius 3 is 2.39 bits per heavy atom. The first kappa shape index (κ1) is 21.1. The van der Waals surface area contributed by atoms with Gasteiger partial charge < -0.3 is 9.30 Å². The van der Waals surface area contributed by atoms with Gasteiger partial charge in [0.25, 0.3) is 0 Å². The van der Waals surface area contributed by atoms with Crippen molar-refractivity contribution in [2.45, 2.75) is 33.7 Å². The van der Waals surface area contributed by atoms with E-state index in [-0.39, 0.29) is 0 Å². The number of hydrogen-bond acceptors (Lipinski definition) is 3. The molecule has 0 amide bonds. The van der Waals surface area contributed by atoms with Gasteiger partial charge in [-0.15, -0.1) is 11.3 Å². The van der Waals surface area contributed by atoms with Crippen molar-refractivity contribution in [1.82, 2.24) is 4.57 Å². The van der Waals surface area contributed by atoms with Gasteiger partial charge in [-0.25, -0.2) is 4.99 Å². The van der Waals surface area contributed by atoms with Crippen molar-refractivity contribution in [2.24, 2.45) is 4.99 Å². The van der Waals surface area contributed by atoms with Crippen molar-refractivity contribution in [3.63, 3.8) is 0 Å². The molecule has 158 valence electrons. The number of nitrogens with zero attached hydrogens (tertiary/aromatic N) is 2. The number of rotatable bonds is 7. The average molecular weight is 429 g/mol. The third-order valence-corrected chi connectivity index (χ3v) is 6.30. The minimum atomic E-state index is 0.667. The Labute approximate surface area is 188 Å². The summed E-state index contributed by atoms with van der Waals surface area (Å²) in [5, 5.41) is 2.22. The third-order valence-electron chi connectivity index (χ3n) is 5.44. The van der Waals surface area contributed by atoms with Gasteiger partial charge in [-0.1, -0.05) is 42.5 Å². The molecule has 0 aliphatic heterocycles. The van der Waals surface area contributed by atoms with E-state index in [1.165, 1.54) is 27.9 Å². The van der Waals surface area contributed by atoms with Gasteiger partial charge in [0, 0.05) is 11.9 Å². The molecular formula is C27H28N2OS. The Bertz CT molecular complexity index is 1200. The zero-order valence-electron chi connectivity index (χ0n) is 18.3. The van der Waals surface area contributed by atoms with E-state index >= 15 is 0 Å². The lowest BCUT2D eigenvalue weighted by molar-refractivity contribution is 0.340. The maximum absolute atomic E-state index is 5.56. The summed E-state index contributed by atoms with van der Waals surface area (Å²) in [6, 6.07) is 25.3. The molecule has 3 nitrogen and oxygen atoms in total. The van der Waals surface area contributed by atoms with E-state index in [1.807, 2.05) is 31.2 Å². The molecule has 0 radical (unpaired) electrons. The van der Waals surface area contributed by atoms with Gasteiger partial charge in [0.1, 0.15) is 5.75 Å². The monoisotopic (exact) mass is 428 g/mol. The highest BCUT2D eigenvalue weighted by molar-refractivity contribution is 7.07. The summed E-state index contributed by atoms with van der Waals surface area (Å²) in [7, 11) is 0. The number of ether oxygens (including phenoxy) is 1. The zero-order valence-corrected chi connectivity index (χ0v) is 19.2. The summed E-state index contributed by atoms with van der Waals surface area (Å²) >= 11 is 1.69. The van der Waals surface area contributed by atoms with Crippen LogP contribution in [0, 0.1) is 13.8 Å². The van der Waals surface area contributed by atoms with E-state index in [9.17, 15) is 0 Å². The summed E-state index contributed by atoms with van der Waals surface area (Å²) in [6.45, 7) is 7.87. The number of aromatic nitrogens is 1. The fourth-order valence-corrected chi connectivity index (χ4v) is 4.50. The third kappa shape index (κ3) is 5.15. The van der Waals surface area contributed by atoms with Gasteiger partial charge in [0.15, 0.2) is 4.80 Å². The molecule has 0 aliphatic carbocycles. The second-order valence-corrected chi connectivity index (χ2v) is 8.47. The second-order valence-electron chi connectivity index (χ2n) is 7.63. The smallest absolute Gasteiger partial charge is 0.190 e. The topological polar surface area (TPSA) is 26.5 Å². The molecular weight excluding hydrogens is 400 g/mol. The molecule has 1 heterocycles. The van der Waals surface area contributed by atoms with Gasteiger partial charge in [0.05, 0.1) is 18.0 Å². The largest absolute Gasteiger partial charge is 0.494 e. The Kier molecular flexibility index (Phi) is 6.68. The van der Waals surface area contributed by atoms with Crippen LogP contribution in [0.25, 0.3) is 11.3 Å². The molecule has 0 aliphatic rings. The highest BCUT2D eigenvalue weighted by Gasteiger charge is 2.10. The van der Waals surface area contributed by atoms with Crippen LogP contribution in [0.1, 0.15) is 23.6 Å². The SMILES string of the molecule is CCOc1ccc(N=c2scc(-c3ccc(C)c(C)c3)n2CCc2ccccc2)cc1. The van der Waals surface area contributed by atoms with Crippen LogP contribution in [0.3, 0.4) is 0 Å². The standard InChI is InChI=1S/C27H28N2OS/c1-4-30-25-14-12-24(13-15-25)28-27-29(17-16-22-8-6-5-7-9-22)26(19-31-27)23-11-10-20(2)21(3)18-23/h5-15,18-19H,4,16-17H2,1-3H3. The van der Waals surface area contributed by atoms with E-state index in [0.29, 0.717) is 6.61 Å². The molecule has 0 unspecified atom stereocenters. The molecule has 4 aromatic rings. The summed E-state index contributed by atoms with van der Waals surface area (Å²) < 4.78 is 7.91. The average Bonchev–Trinajstić information content (AvgIpc) is 3.19. The van der Waals surface area contributed by atoms with Gasteiger partial charge in [0.2, 0.25) is 0 Å². The van der Waals surface area contributed by atoms with Crippen molar-refractivity contribution in [1.29, 1.82) is 0 Å². The van der Waals surface area contributed by atoms with E-state index < -0.39 is 0 Å². The van der Waals surface area contributed by atoms with E-state index in [2.05, 4.69) is 72.3 Å². The van der Waals surface area contributed by atoms with Crippen LogP contribution < -0.4 is 9.54 Å². The molecule has 4 heteroatoms. The van der Waals surface area contributed by atoms with Crippen molar-refractivity contribution in [3.8, 4) is 17.0 Å². The molecule has 0 atom stereocenters. The number of thiazole rings is 1. The molecule has 3 aromatic carbocycles. The fraction of sp³-hybridized carbons (Fsp3) is 0.222. The number of benzene rings is 3. The predicted octanol–water partition coefficient (Wildman–Crippen LogP) is 6.71. The highest BCUT2D eigenvalue weighted by Crippen LogP contribution is 2.24. The van der Waals surface area contributed by atoms with Crippen LogP contribution in [0.2, 0.25) is 0 Å². The molecule has 31 heavy (non-hydrogen) atoms. The van der Waals surface area contributed by atoms with Crippen molar-refractivity contribution in [3.05, 3.63) is 99.7 Å². The van der Waals surface area contributed by atoms with Gasteiger partial charge in [-0.05, 0) is 79.8 Å². The molecule has 1 aromatic heterocycles. The van der Waals surface area contributed by atoms with Gasteiger partial charge in [-0.3, -0.25) is 0 Å². The van der Waals surface area contributed by atoms with Crippen LogP contribution in [0.4, 0.5) is 5.69 Å². The number of hydrogen-bond donors (Lipinski definition) is 0. The van der Waals surface area contributed by atoms with Gasteiger partial charge in [-0.2, -0.15) is 0 Å². The normalized spacial score (nSPS) is 11.6. The first-order valence-electron chi connectivity index (χ1n) is 10.7. The van der Waals surface area contributed by atoms with Crippen LogP contribution in [-0.4, -0.2) is 11.2 Å². The van der Waals surface area contributed by atoms with Crippen LogP contribution in [-0.2, 0) is 13.0 Å². The lowest BCUT2D eigenvalue weighted by Gasteiger charge is -2.11. The lowest BCUT2D eigenvalue weighted by atomic mass is 10.0. The van der Waals surface area contributed by atoms with Crippen LogP contribution in [0.15, 0.2) is 83.2 Å². The molecule has 0 bridgehead atoms. The van der Waals surface area contributed by atoms with Crippen molar-refractivity contribution < 1.29 is 4.74 Å². The molecule has 4 rings (SSSR count). The summed E-state index contributed by atoms with van der Waals surface area (Å²) in [5.41, 5.74) is 7.34. The maximum Gasteiger partial charge on any atom is 0.190 e. The van der Waals surface area contributed by atoms with Crippen LogP contribution >= 0.6 is 11.3 Å². The summed E-state index contributed by atoms with van der Waals surface area (Å²) in [6.07, 6.45) is 0.964. The lowest BCUT2D eigenvalue weighted by Crippen LogP contribution is -2.17. The Morgan fingerprint density at radius 2 is 1.68 bits per heavy atom. The van der Waals surface area contributed by atoms with Crippen LogP contribution in [0.5, 0.6) is 5.75 Å². The molecule has 0 saturated heterocycles. The Morgan fingerprint density at radius 1 is 0.903 bits per heavy atom. The minimum absolute atomic E-state index is 0.667. The molecule has 0 saturated carbocycles. The number of aryl methyl sites for hydroxylation is 3. The zero-order chi connectivity index (χ0) is 21.6. The molecule has 0 N–H and O–H groups in total. The Balaban J connectivity index is 1.73. The first-order valence-corrected chi connectivity index (χ1v) is 11.6. The summed E-state index contributed by atoms with van der Waals surface area (Å²) in [5.74, 6) is 0.875. The highest BCUT2D eigenvalue weighted by atomic mass is 32.1. The van der Waals surface area contributed by atoms with Crippen molar-refractivity contribution in [2.75, 3.05) is 6.61 Å². The quantitative estimate of drug-likeness (QED) is 0.321. The van der Waals surface area contributed by atoms with Gasteiger partial charge >= 0.3 is 0 Å². The van der Waals surface area contributed by atoms with E-state index in [1.54, 1.807) is 11.3 Å². The minimum Gasteiger partial charge on any atom is -0.494 e. The summed E-state index contributed by atoms with van der Waals surface area (Å²) in [4.78, 5) is 5.97. The first-order chi connectivity index (χ1) is 15.1. The van der Waals surface area contributed by atoms with E-state index in [4.69, 9.17) is 9.73 Å². The predicted molar refractivity (Wildman–Crippen MR) is 130 cm³/mol. The molecule has 0 spiro atoms. The second kappa shape index (κ2) is 9.80. The van der Waals surface area contributed by atoms with Crippen molar-refractivity contribution >= 4 is 17.0 Å². The van der Waals surface area contributed by atoms with E-state index in [0.717, 1.165) is 29.2 Å². The maximum atomic E-state index is 5.56. The molecule has 0 fully saturated rings.